The van der Waals surface area contributed by atoms with Crippen LogP contribution in [0, 0.1) is 0 Å². The number of nitrogens with zero attached hydrogens (tertiary/aromatic N) is 4. The third-order valence-electron chi connectivity index (χ3n) is 6.18. The first-order valence-corrected chi connectivity index (χ1v) is 9.89. The second-order valence-corrected chi connectivity index (χ2v) is 7.75. The van der Waals surface area contributed by atoms with Gasteiger partial charge < -0.3 is 9.47 Å². The lowest BCUT2D eigenvalue weighted by atomic mass is 9.94. The molecule has 138 valence electrons. The zero-order chi connectivity index (χ0) is 18.4. The first-order chi connectivity index (χ1) is 13.2. The van der Waals surface area contributed by atoms with Crippen LogP contribution in [0.5, 0.6) is 0 Å². The van der Waals surface area contributed by atoms with E-state index in [0.29, 0.717) is 5.91 Å². The molecule has 2 aliphatic rings. The second kappa shape index (κ2) is 6.19. The molecule has 5 heteroatoms. The molecule has 5 rings (SSSR count). The van der Waals surface area contributed by atoms with Crippen LogP contribution in [-0.4, -0.2) is 38.4 Å². The van der Waals surface area contributed by atoms with Crippen molar-refractivity contribution in [2.24, 2.45) is 0 Å². The van der Waals surface area contributed by atoms with E-state index in [1.54, 1.807) is 0 Å². The zero-order valence-electron chi connectivity index (χ0n) is 15.6. The van der Waals surface area contributed by atoms with Gasteiger partial charge in [-0.05, 0) is 43.9 Å². The summed E-state index contributed by atoms with van der Waals surface area (Å²) in [5.74, 6) is 1.66. The lowest BCUT2D eigenvalue weighted by Gasteiger charge is -2.23. The summed E-state index contributed by atoms with van der Waals surface area (Å²) < 4.78 is 2.21. The van der Waals surface area contributed by atoms with E-state index in [2.05, 4.69) is 33.5 Å². The average molecular weight is 360 g/mol. The predicted octanol–water partition coefficient (Wildman–Crippen LogP) is 3.50. The summed E-state index contributed by atoms with van der Waals surface area (Å²) >= 11 is 0. The van der Waals surface area contributed by atoms with Crippen molar-refractivity contribution in [2.75, 3.05) is 13.1 Å². The van der Waals surface area contributed by atoms with Crippen molar-refractivity contribution in [3.63, 3.8) is 0 Å². The number of likely N-dealkylation sites (tertiary alicyclic amines) is 1. The van der Waals surface area contributed by atoms with E-state index in [1.165, 1.54) is 5.56 Å². The van der Waals surface area contributed by atoms with E-state index in [-0.39, 0.29) is 11.3 Å². The van der Waals surface area contributed by atoms with Crippen LogP contribution in [0.15, 0.2) is 48.7 Å². The monoisotopic (exact) mass is 360 g/mol. The Kier molecular flexibility index (Phi) is 3.78. The van der Waals surface area contributed by atoms with Crippen molar-refractivity contribution in [1.82, 2.24) is 19.4 Å². The Morgan fingerprint density at radius 1 is 1.19 bits per heavy atom. The highest BCUT2D eigenvalue weighted by molar-refractivity contribution is 5.91. The lowest BCUT2D eigenvalue weighted by Crippen LogP contribution is -2.37. The van der Waals surface area contributed by atoms with Gasteiger partial charge in [0.2, 0.25) is 5.91 Å². The molecule has 0 bridgehead atoms. The molecule has 1 aliphatic heterocycles. The highest BCUT2D eigenvalue weighted by atomic mass is 16.2. The molecule has 3 heterocycles. The normalized spacial score (nSPS) is 20.9. The molecule has 1 amide bonds. The summed E-state index contributed by atoms with van der Waals surface area (Å²) in [6.45, 7) is 4.56. The average Bonchev–Trinajstić information content (AvgIpc) is 3.23. The highest BCUT2D eigenvalue weighted by Crippen LogP contribution is 2.50. The van der Waals surface area contributed by atoms with Gasteiger partial charge in [0.25, 0.3) is 0 Å². The number of fused-ring (bicyclic) bond motifs is 1. The molecular weight excluding hydrogens is 336 g/mol. The van der Waals surface area contributed by atoms with Crippen molar-refractivity contribution < 1.29 is 4.79 Å². The van der Waals surface area contributed by atoms with Gasteiger partial charge in [0.15, 0.2) is 5.65 Å². The van der Waals surface area contributed by atoms with Crippen LogP contribution in [0.25, 0.3) is 11.2 Å². The van der Waals surface area contributed by atoms with Gasteiger partial charge >= 0.3 is 0 Å². The highest BCUT2D eigenvalue weighted by Gasteiger charge is 2.53. The van der Waals surface area contributed by atoms with Crippen molar-refractivity contribution >= 4 is 17.1 Å². The number of benzene rings is 1. The van der Waals surface area contributed by atoms with Crippen molar-refractivity contribution in [2.45, 2.75) is 44.1 Å². The third kappa shape index (κ3) is 2.56. The predicted molar refractivity (Wildman–Crippen MR) is 104 cm³/mol. The van der Waals surface area contributed by atoms with E-state index >= 15 is 0 Å². The van der Waals surface area contributed by atoms with Gasteiger partial charge in [0.05, 0.1) is 5.41 Å². The maximum atomic E-state index is 13.3. The summed E-state index contributed by atoms with van der Waals surface area (Å²) in [6.07, 6.45) is 4.73. The molecule has 3 aromatic rings. The largest absolute Gasteiger partial charge is 0.341 e. The summed E-state index contributed by atoms with van der Waals surface area (Å²) in [5.41, 5.74) is 2.79. The van der Waals surface area contributed by atoms with Gasteiger partial charge in [-0.3, -0.25) is 4.79 Å². The molecule has 0 spiro atoms. The van der Waals surface area contributed by atoms with Crippen LogP contribution < -0.4 is 0 Å². The lowest BCUT2D eigenvalue weighted by molar-refractivity contribution is -0.132. The van der Waals surface area contributed by atoms with Crippen LogP contribution in [0.1, 0.15) is 43.5 Å². The SMILES string of the molecule is CCn1c([C@H]2CCN(C(=O)C3(c4ccccc4)CC3)C2)nc2cccnc21. The summed E-state index contributed by atoms with van der Waals surface area (Å²) in [6, 6.07) is 14.2. The maximum absolute atomic E-state index is 13.3. The number of carbonyl (C=O) groups is 1. The van der Waals surface area contributed by atoms with Crippen molar-refractivity contribution in [1.29, 1.82) is 0 Å². The number of hydrogen-bond acceptors (Lipinski definition) is 3. The second-order valence-electron chi connectivity index (χ2n) is 7.75. The molecule has 1 aliphatic carbocycles. The number of pyridine rings is 1. The Labute approximate surface area is 159 Å². The molecule has 1 aromatic carbocycles. The van der Waals surface area contributed by atoms with Gasteiger partial charge in [-0.15, -0.1) is 0 Å². The molecule has 2 fully saturated rings. The number of aryl methyl sites for hydroxylation is 1. The molecule has 27 heavy (non-hydrogen) atoms. The van der Waals surface area contributed by atoms with E-state index in [4.69, 9.17) is 4.98 Å². The molecule has 1 saturated heterocycles. The fourth-order valence-corrected chi connectivity index (χ4v) is 4.57. The maximum Gasteiger partial charge on any atom is 0.233 e. The fraction of sp³-hybridized carbons (Fsp3) is 0.409. The smallest absolute Gasteiger partial charge is 0.233 e. The minimum atomic E-state index is -0.275. The number of amides is 1. The third-order valence-corrected chi connectivity index (χ3v) is 6.18. The Balaban J connectivity index is 1.40. The summed E-state index contributed by atoms with van der Waals surface area (Å²) in [4.78, 5) is 24.8. The molecule has 0 N–H and O–H groups in total. The summed E-state index contributed by atoms with van der Waals surface area (Å²) in [7, 11) is 0. The van der Waals surface area contributed by atoms with E-state index < -0.39 is 0 Å². The van der Waals surface area contributed by atoms with Crippen LogP contribution in [0.4, 0.5) is 0 Å². The zero-order valence-corrected chi connectivity index (χ0v) is 15.6. The molecule has 2 aromatic heterocycles. The molecule has 1 saturated carbocycles. The topological polar surface area (TPSA) is 51.0 Å². The molecular formula is C22H24N4O. The van der Waals surface area contributed by atoms with Crippen molar-refractivity contribution in [3.05, 3.63) is 60.0 Å². The number of carbonyl (C=O) groups excluding carboxylic acids is 1. The van der Waals surface area contributed by atoms with Crippen LogP contribution in [0.3, 0.4) is 0 Å². The van der Waals surface area contributed by atoms with Gasteiger partial charge in [-0.25, -0.2) is 9.97 Å². The van der Waals surface area contributed by atoms with Gasteiger partial charge in [0.1, 0.15) is 11.3 Å². The van der Waals surface area contributed by atoms with E-state index in [1.807, 2.05) is 36.5 Å². The minimum absolute atomic E-state index is 0.275. The Bertz CT molecular complexity index is 990. The number of imidazole rings is 1. The molecule has 0 unspecified atom stereocenters. The van der Waals surface area contributed by atoms with Gasteiger partial charge in [-0.2, -0.15) is 0 Å². The summed E-state index contributed by atoms with van der Waals surface area (Å²) in [5, 5.41) is 0. The Morgan fingerprint density at radius 3 is 2.74 bits per heavy atom. The molecule has 1 atom stereocenters. The van der Waals surface area contributed by atoms with E-state index in [9.17, 15) is 4.79 Å². The Morgan fingerprint density at radius 2 is 2.00 bits per heavy atom. The van der Waals surface area contributed by atoms with Gasteiger partial charge in [0, 0.05) is 31.7 Å². The first-order valence-electron chi connectivity index (χ1n) is 9.89. The molecule has 0 radical (unpaired) electrons. The minimum Gasteiger partial charge on any atom is -0.341 e. The Hall–Kier alpha value is -2.69. The quantitative estimate of drug-likeness (QED) is 0.715. The standard InChI is InChI=1S/C22H24N4O/c1-2-26-19(24-18-9-6-13-23-20(18)26)16-10-14-25(15-16)21(27)22(11-12-22)17-7-4-3-5-8-17/h3-9,13,16H,2,10-12,14-15H2,1H3/t16-/m0/s1. The molecule has 5 nitrogen and oxygen atoms in total. The fourth-order valence-electron chi connectivity index (χ4n) is 4.57. The number of hydrogen-bond donors (Lipinski definition) is 0. The van der Waals surface area contributed by atoms with Crippen LogP contribution >= 0.6 is 0 Å². The number of aromatic nitrogens is 3. The van der Waals surface area contributed by atoms with Crippen LogP contribution in [0.2, 0.25) is 0 Å². The van der Waals surface area contributed by atoms with Crippen molar-refractivity contribution in [3.8, 4) is 0 Å². The first kappa shape index (κ1) is 16.5. The number of rotatable bonds is 4. The van der Waals surface area contributed by atoms with E-state index in [0.717, 1.165) is 55.9 Å². The van der Waals surface area contributed by atoms with Crippen LogP contribution in [-0.2, 0) is 16.8 Å². The van der Waals surface area contributed by atoms with Gasteiger partial charge in [-0.1, -0.05) is 30.3 Å².